The van der Waals surface area contributed by atoms with Crippen molar-refractivity contribution in [2.75, 3.05) is 25.6 Å². The van der Waals surface area contributed by atoms with Crippen LogP contribution in [-0.2, 0) is 4.79 Å². The second-order valence-electron chi connectivity index (χ2n) is 5.50. The predicted octanol–water partition coefficient (Wildman–Crippen LogP) is 3.08. The quantitative estimate of drug-likeness (QED) is 0.695. The van der Waals surface area contributed by atoms with E-state index in [1.54, 1.807) is 7.11 Å². The summed E-state index contributed by atoms with van der Waals surface area (Å²) < 4.78 is 10.7. The zero-order valence-electron chi connectivity index (χ0n) is 14.1. The summed E-state index contributed by atoms with van der Waals surface area (Å²) in [6, 6.07) is 17.0. The number of para-hydroxylation sites is 1. The van der Waals surface area contributed by atoms with Crippen LogP contribution in [0, 0.1) is 0 Å². The maximum Gasteiger partial charge on any atom is 0.225 e. The minimum atomic E-state index is -0.00253. The van der Waals surface area contributed by atoms with Crippen molar-refractivity contribution in [2.24, 2.45) is 0 Å². The molecule has 0 aliphatic heterocycles. The predicted molar refractivity (Wildman–Crippen MR) is 95.6 cm³/mol. The van der Waals surface area contributed by atoms with Crippen LogP contribution in [0.15, 0.2) is 54.6 Å². The van der Waals surface area contributed by atoms with Gasteiger partial charge in [-0.2, -0.15) is 0 Å². The highest BCUT2D eigenvalue weighted by atomic mass is 16.5. The van der Waals surface area contributed by atoms with E-state index in [0.29, 0.717) is 19.6 Å². The van der Waals surface area contributed by atoms with Crippen molar-refractivity contribution in [3.05, 3.63) is 54.6 Å². The number of amides is 1. The number of nitrogens with one attached hydrogen (secondary N) is 2. The third kappa shape index (κ3) is 6.30. The second-order valence-corrected chi connectivity index (χ2v) is 5.50. The molecule has 0 saturated heterocycles. The molecule has 5 nitrogen and oxygen atoms in total. The number of rotatable bonds is 9. The Morgan fingerprint density at radius 3 is 2.38 bits per heavy atom. The minimum absolute atomic E-state index is 0.00253. The fraction of sp³-hybridized carbons (Fsp3) is 0.316. The largest absolute Gasteiger partial charge is 0.497 e. The molecule has 1 atom stereocenters. The third-order valence-corrected chi connectivity index (χ3v) is 3.47. The van der Waals surface area contributed by atoms with E-state index in [1.807, 2.05) is 61.5 Å². The van der Waals surface area contributed by atoms with Crippen molar-refractivity contribution in [3.63, 3.8) is 0 Å². The molecule has 2 aromatic carbocycles. The van der Waals surface area contributed by atoms with E-state index < -0.39 is 0 Å². The van der Waals surface area contributed by atoms with Crippen molar-refractivity contribution in [1.82, 2.24) is 5.32 Å². The Labute approximate surface area is 143 Å². The van der Waals surface area contributed by atoms with Crippen LogP contribution in [0.2, 0.25) is 0 Å². The van der Waals surface area contributed by atoms with Crippen molar-refractivity contribution in [1.29, 1.82) is 0 Å². The van der Waals surface area contributed by atoms with E-state index >= 15 is 0 Å². The van der Waals surface area contributed by atoms with Gasteiger partial charge in [-0.05, 0) is 43.3 Å². The van der Waals surface area contributed by atoms with Gasteiger partial charge in [0.15, 0.2) is 0 Å². The molecule has 2 rings (SSSR count). The van der Waals surface area contributed by atoms with Gasteiger partial charge < -0.3 is 20.1 Å². The fourth-order valence-electron chi connectivity index (χ4n) is 2.23. The van der Waals surface area contributed by atoms with Gasteiger partial charge in [-0.1, -0.05) is 18.2 Å². The van der Waals surface area contributed by atoms with Gasteiger partial charge >= 0.3 is 0 Å². The minimum Gasteiger partial charge on any atom is -0.497 e. The lowest BCUT2D eigenvalue weighted by atomic mass is 10.2. The molecule has 1 amide bonds. The first-order valence-electron chi connectivity index (χ1n) is 8.02. The topological polar surface area (TPSA) is 59.6 Å². The Balaban J connectivity index is 1.62. The first-order chi connectivity index (χ1) is 11.7. The van der Waals surface area contributed by atoms with Crippen LogP contribution in [0.5, 0.6) is 11.5 Å². The summed E-state index contributed by atoms with van der Waals surface area (Å²) in [6.45, 7) is 3.20. The van der Waals surface area contributed by atoms with E-state index in [-0.39, 0.29) is 11.9 Å². The first kappa shape index (κ1) is 17.8. The number of benzene rings is 2. The molecule has 0 bridgehead atoms. The molecule has 0 fully saturated rings. The van der Waals surface area contributed by atoms with E-state index in [0.717, 1.165) is 17.2 Å². The molecule has 2 aromatic rings. The number of methoxy groups -OCH3 is 1. The second kappa shape index (κ2) is 9.57. The van der Waals surface area contributed by atoms with Crippen LogP contribution in [0.3, 0.4) is 0 Å². The summed E-state index contributed by atoms with van der Waals surface area (Å²) in [4.78, 5) is 11.9. The summed E-state index contributed by atoms with van der Waals surface area (Å²) in [6.07, 6.45) is 0.414. The van der Waals surface area contributed by atoms with Gasteiger partial charge in [-0.25, -0.2) is 0 Å². The molecule has 0 radical (unpaired) electrons. The molecule has 0 aliphatic rings. The molecular weight excluding hydrogens is 304 g/mol. The molecule has 0 unspecified atom stereocenters. The van der Waals surface area contributed by atoms with Gasteiger partial charge in [0.2, 0.25) is 5.91 Å². The van der Waals surface area contributed by atoms with Gasteiger partial charge in [0.05, 0.1) is 7.11 Å². The average Bonchev–Trinajstić information content (AvgIpc) is 2.60. The standard InChI is InChI=1S/C19H24N2O3/c1-15(14-19(22)21-16-6-4-3-5-7-16)20-12-13-24-18-10-8-17(23-2)9-11-18/h3-11,15,20H,12-14H2,1-2H3,(H,21,22)/t15-/m1/s1. The SMILES string of the molecule is COc1ccc(OCCN[C@H](C)CC(=O)Nc2ccccc2)cc1. The third-order valence-electron chi connectivity index (χ3n) is 3.47. The van der Waals surface area contributed by atoms with Crippen LogP contribution in [-0.4, -0.2) is 32.2 Å². The number of ether oxygens (including phenoxy) is 2. The van der Waals surface area contributed by atoms with E-state index in [4.69, 9.17) is 9.47 Å². The highest BCUT2D eigenvalue weighted by Crippen LogP contribution is 2.16. The van der Waals surface area contributed by atoms with Gasteiger partial charge in [0, 0.05) is 24.7 Å². The number of hydrogen-bond acceptors (Lipinski definition) is 4. The zero-order valence-corrected chi connectivity index (χ0v) is 14.1. The van der Waals surface area contributed by atoms with Crippen LogP contribution < -0.4 is 20.1 Å². The average molecular weight is 328 g/mol. The summed E-state index contributed by atoms with van der Waals surface area (Å²) in [5.74, 6) is 1.60. The molecule has 24 heavy (non-hydrogen) atoms. The summed E-state index contributed by atoms with van der Waals surface area (Å²) in [5.41, 5.74) is 0.817. The summed E-state index contributed by atoms with van der Waals surface area (Å²) in [7, 11) is 1.63. The molecule has 0 aliphatic carbocycles. The molecule has 5 heteroatoms. The van der Waals surface area contributed by atoms with Crippen molar-refractivity contribution in [3.8, 4) is 11.5 Å². The van der Waals surface area contributed by atoms with E-state index in [1.165, 1.54) is 0 Å². The molecule has 0 spiro atoms. The van der Waals surface area contributed by atoms with Crippen molar-refractivity contribution < 1.29 is 14.3 Å². The Hall–Kier alpha value is -2.53. The van der Waals surface area contributed by atoms with Gasteiger partial charge in [0.1, 0.15) is 18.1 Å². The van der Waals surface area contributed by atoms with Crippen LogP contribution in [0.25, 0.3) is 0 Å². The normalized spacial score (nSPS) is 11.6. The molecule has 2 N–H and O–H groups in total. The monoisotopic (exact) mass is 328 g/mol. The highest BCUT2D eigenvalue weighted by Gasteiger charge is 2.08. The van der Waals surface area contributed by atoms with Crippen LogP contribution in [0.4, 0.5) is 5.69 Å². The first-order valence-corrected chi connectivity index (χ1v) is 8.02. The van der Waals surface area contributed by atoms with Crippen LogP contribution >= 0.6 is 0 Å². The number of carbonyl (C=O) groups excluding carboxylic acids is 1. The van der Waals surface area contributed by atoms with E-state index in [9.17, 15) is 4.79 Å². The Kier molecular flexibility index (Phi) is 7.11. The lowest BCUT2D eigenvalue weighted by Crippen LogP contribution is -2.33. The number of hydrogen-bond donors (Lipinski definition) is 2. The van der Waals surface area contributed by atoms with Gasteiger partial charge in [0.25, 0.3) is 0 Å². The van der Waals surface area contributed by atoms with Crippen molar-refractivity contribution in [2.45, 2.75) is 19.4 Å². The summed E-state index contributed by atoms with van der Waals surface area (Å²) >= 11 is 0. The van der Waals surface area contributed by atoms with Crippen LogP contribution in [0.1, 0.15) is 13.3 Å². The maximum absolute atomic E-state index is 11.9. The molecule has 0 heterocycles. The van der Waals surface area contributed by atoms with Gasteiger partial charge in [-0.15, -0.1) is 0 Å². The highest BCUT2D eigenvalue weighted by molar-refractivity contribution is 5.90. The molecule has 0 saturated carbocycles. The number of anilines is 1. The molecule has 0 aromatic heterocycles. The van der Waals surface area contributed by atoms with E-state index in [2.05, 4.69) is 10.6 Å². The Morgan fingerprint density at radius 2 is 1.71 bits per heavy atom. The van der Waals surface area contributed by atoms with Gasteiger partial charge in [-0.3, -0.25) is 4.79 Å². The Morgan fingerprint density at radius 1 is 1.04 bits per heavy atom. The lowest BCUT2D eigenvalue weighted by Gasteiger charge is -2.14. The zero-order chi connectivity index (χ0) is 17.2. The summed E-state index contributed by atoms with van der Waals surface area (Å²) in [5, 5.41) is 6.16. The van der Waals surface area contributed by atoms with Crippen molar-refractivity contribution >= 4 is 11.6 Å². The maximum atomic E-state index is 11.9. The number of carbonyl (C=O) groups is 1. The smallest absolute Gasteiger partial charge is 0.225 e. The fourth-order valence-corrected chi connectivity index (χ4v) is 2.23. The molecular formula is C19H24N2O3. The molecule has 128 valence electrons. The lowest BCUT2D eigenvalue weighted by molar-refractivity contribution is -0.116. The Bertz CT molecular complexity index is 614.